The van der Waals surface area contributed by atoms with Crippen molar-refractivity contribution in [1.29, 1.82) is 0 Å². The second kappa shape index (κ2) is 4.51. The third-order valence-corrected chi connectivity index (χ3v) is 4.52. The maximum atomic E-state index is 12.6. The van der Waals surface area contributed by atoms with Crippen LogP contribution < -0.4 is 0 Å². The molecule has 2 heterocycles. The van der Waals surface area contributed by atoms with Gasteiger partial charge in [-0.15, -0.1) is 11.3 Å². The third-order valence-electron chi connectivity index (χ3n) is 3.27. The maximum Gasteiger partial charge on any atom is 0.205 e. The number of aryl methyl sites for hydroxylation is 2. The van der Waals surface area contributed by atoms with Crippen LogP contribution in [-0.2, 0) is 7.05 Å². The van der Waals surface area contributed by atoms with Crippen molar-refractivity contribution >= 4 is 39.6 Å². The molecule has 3 rings (SSSR count). The molecule has 0 unspecified atom stereocenters. The van der Waals surface area contributed by atoms with Gasteiger partial charge in [0.15, 0.2) is 0 Å². The molecule has 19 heavy (non-hydrogen) atoms. The molecule has 3 aromatic rings. The monoisotopic (exact) mass is 289 g/mol. The Kier molecular flexibility index (Phi) is 2.96. The minimum Gasteiger partial charge on any atom is -0.350 e. The van der Waals surface area contributed by atoms with Gasteiger partial charge in [-0.1, -0.05) is 17.7 Å². The molecule has 0 spiro atoms. The van der Waals surface area contributed by atoms with Gasteiger partial charge in [-0.3, -0.25) is 4.79 Å². The van der Waals surface area contributed by atoms with E-state index in [1.807, 2.05) is 54.4 Å². The molecule has 0 atom stereocenters. The van der Waals surface area contributed by atoms with E-state index in [4.69, 9.17) is 11.6 Å². The van der Waals surface area contributed by atoms with Gasteiger partial charge in [0.05, 0.1) is 4.88 Å². The zero-order chi connectivity index (χ0) is 13.6. The molecule has 0 radical (unpaired) electrons. The molecule has 0 bridgehead atoms. The van der Waals surface area contributed by atoms with Crippen LogP contribution >= 0.6 is 22.9 Å². The fourth-order valence-corrected chi connectivity index (χ4v) is 3.31. The first kappa shape index (κ1) is 12.5. The van der Waals surface area contributed by atoms with Crippen LogP contribution in [0.25, 0.3) is 10.9 Å². The molecule has 1 aromatic carbocycles. The molecule has 0 amide bonds. The number of carbonyl (C=O) groups excluding carboxylic acids is 1. The normalized spacial score (nSPS) is 11.1. The van der Waals surface area contributed by atoms with E-state index in [1.165, 1.54) is 11.3 Å². The van der Waals surface area contributed by atoms with Crippen LogP contribution in [0.15, 0.2) is 35.8 Å². The van der Waals surface area contributed by atoms with Gasteiger partial charge in [-0.25, -0.2) is 0 Å². The van der Waals surface area contributed by atoms with Crippen molar-refractivity contribution in [1.82, 2.24) is 4.57 Å². The van der Waals surface area contributed by atoms with E-state index in [0.29, 0.717) is 5.02 Å². The lowest BCUT2D eigenvalue weighted by Gasteiger charge is -1.98. The SMILES string of the molecule is Cc1ccsc1C(=O)c1cn(C)c2cc(Cl)ccc12. The summed E-state index contributed by atoms with van der Waals surface area (Å²) in [6, 6.07) is 7.59. The molecule has 0 N–H and O–H groups in total. The molecule has 0 saturated heterocycles. The Balaban J connectivity index is 2.21. The van der Waals surface area contributed by atoms with Gasteiger partial charge in [0, 0.05) is 34.7 Å². The first-order chi connectivity index (χ1) is 9.08. The van der Waals surface area contributed by atoms with Crippen molar-refractivity contribution in [3.8, 4) is 0 Å². The molecule has 0 aliphatic carbocycles. The second-order valence-electron chi connectivity index (χ2n) is 4.58. The van der Waals surface area contributed by atoms with Crippen molar-refractivity contribution < 1.29 is 4.79 Å². The van der Waals surface area contributed by atoms with E-state index in [1.54, 1.807) is 0 Å². The maximum absolute atomic E-state index is 12.6. The standard InChI is InChI=1S/C15H12ClNOS/c1-9-5-6-19-15(9)14(18)12-8-17(2)13-7-10(16)3-4-11(12)13/h3-8H,1-2H3. The molecule has 0 fully saturated rings. The molecule has 0 aliphatic rings. The van der Waals surface area contributed by atoms with Gasteiger partial charge < -0.3 is 4.57 Å². The summed E-state index contributed by atoms with van der Waals surface area (Å²) in [7, 11) is 1.93. The van der Waals surface area contributed by atoms with Gasteiger partial charge >= 0.3 is 0 Å². The van der Waals surface area contributed by atoms with Crippen LogP contribution in [0.2, 0.25) is 5.02 Å². The number of carbonyl (C=O) groups is 1. The number of rotatable bonds is 2. The third kappa shape index (κ3) is 1.99. The van der Waals surface area contributed by atoms with Gasteiger partial charge in [0.2, 0.25) is 5.78 Å². The Bertz CT molecular complexity index is 785. The van der Waals surface area contributed by atoms with Gasteiger partial charge in [-0.05, 0) is 36.1 Å². The lowest BCUT2D eigenvalue weighted by Crippen LogP contribution is -1.99. The van der Waals surface area contributed by atoms with Crippen LogP contribution in [0.5, 0.6) is 0 Å². The van der Waals surface area contributed by atoms with Gasteiger partial charge in [0.25, 0.3) is 0 Å². The molecule has 0 saturated carbocycles. The molecule has 96 valence electrons. The van der Waals surface area contributed by atoms with Crippen molar-refractivity contribution in [2.75, 3.05) is 0 Å². The Morgan fingerprint density at radius 2 is 2.11 bits per heavy atom. The van der Waals surface area contributed by atoms with Crippen molar-refractivity contribution in [3.63, 3.8) is 0 Å². The Hall–Kier alpha value is -1.58. The highest BCUT2D eigenvalue weighted by Gasteiger charge is 2.18. The Labute approximate surface area is 120 Å². The highest BCUT2D eigenvalue weighted by molar-refractivity contribution is 7.12. The molecule has 0 aliphatic heterocycles. The zero-order valence-corrected chi connectivity index (χ0v) is 12.2. The van der Waals surface area contributed by atoms with Crippen LogP contribution in [0, 0.1) is 6.92 Å². The molecule has 2 nitrogen and oxygen atoms in total. The fourth-order valence-electron chi connectivity index (χ4n) is 2.27. The number of ketones is 1. The summed E-state index contributed by atoms with van der Waals surface area (Å²) in [4.78, 5) is 13.4. The van der Waals surface area contributed by atoms with E-state index in [2.05, 4.69) is 0 Å². The predicted molar refractivity (Wildman–Crippen MR) is 80.4 cm³/mol. The number of halogens is 1. The van der Waals surface area contributed by atoms with E-state index >= 15 is 0 Å². The van der Waals surface area contributed by atoms with Crippen molar-refractivity contribution in [2.24, 2.45) is 7.05 Å². The summed E-state index contributed by atoms with van der Waals surface area (Å²) >= 11 is 7.50. The van der Waals surface area contributed by atoms with Crippen molar-refractivity contribution in [2.45, 2.75) is 6.92 Å². The van der Waals surface area contributed by atoms with Crippen molar-refractivity contribution in [3.05, 3.63) is 56.9 Å². The van der Waals surface area contributed by atoms with Crippen LogP contribution in [0.1, 0.15) is 20.8 Å². The fraction of sp³-hybridized carbons (Fsp3) is 0.133. The number of nitrogens with zero attached hydrogens (tertiary/aromatic N) is 1. The first-order valence-corrected chi connectivity index (χ1v) is 7.17. The van der Waals surface area contributed by atoms with E-state index in [0.717, 1.165) is 26.9 Å². The van der Waals surface area contributed by atoms with E-state index < -0.39 is 0 Å². The Morgan fingerprint density at radius 1 is 1.32 bits per heavy atom. The summed E-state index contributed by atoms with van der Waals surface area (Å²) in [5, 5.41) is 3.58. The smallest absolute Gasteiger partial charge is 0.205 e. The second-order valence-corrected chi connectivity index (χ2v) is 5.93. The van der Waals surface area contributed by atoms with E-state index in [9.17, 15) is 4.79 Å². The minimum atomic E-state index is 0.0837. The lowest BCUT2D eigenvalue weighted by molar-refractivity contribution is 0.104. The first-order valence-electron chi connectivity index (χ1n) is 5.91. The highest BCUT2D eigenvalue weighted by atomic mass is 35.5. The number of hydrogen-bond acceptors (Lipinski definition) is 2. The number of aromatic nitrogens is 1. The number of hydrogen-bond donors (Lipinski definition) is 0. The van der Waals surface area contributed by atoms with E-state index in [-0.39, 0.29) is 5.78 Å². The topological polar surface area (TPSA) is 22.0 Å². The van der Waals surface area contributed by atoms with Gasteiger partial charge in [0.1, 0.15) is 0 Å². The summed E-state index contributed by atoms with van der Waals surface area (Å²) in [6.45, 7) is 1.96. The average Bonchev–Trinajstić information content (AvgIpc) is 2.94. The molecule has 4 heteroatoms. The number of thiophene rings is 1. The largest absolute Gasteiger partial charge is 0.350 e. The van der Waals surface area contributed by atoms with Crippen LogP contribution in [0.3, 0.4) is 0 Å². The lowest BCUT2D eigenvalue weighted by atomic mass is 10.1. The molecular weight excluding hydrogens is 278 g/mol. The quantitative estimate of drug-likeness (QED) is 0.640. The Morgan fingerprint density at radius 3 is 2.79 bits per heavy atom. The summed E-state index contributed by atoms with van der Waals surface area (Å²) in [6.07, 6.45) is 1.88. The summed E-state index contributed by atoms with van der Waals surface area (Å²) in [5.41, 5.74) is 2.74. The molecular formula is C15H12ClNOS. The number of benzene rings is 1. The van der Waals surface area contributed by atoms with Crippen LogP contribution in [0.4, 0.5) is 0 Å². The zero-order valence-electron chi connectivity index (χ0n) is 10.6. The molecule has 2 aromatic heterocycles. The number of fused-ring (bicyclic) bond motifs is 1. The predicted octanol–water partition coefficient (Wildman–Crippen LogP) is 4.43. The van der Waals surface area contributed by atoms with Crippen LogP contribution in [-0.4, -0.2) is 10.4 Å². The minimum absolute atomic E-state index is 0.0837. The average molecular weight is 290 g/mol. The summed E-state index contributed by atoms with van der Waals surface area (Å²) < 4.78 is 1.94. The summed E-state index contributed by atoms with van der Waals surface area (Å²) in [5.74, 6) is 0.0837. The van der Waals surface area contributed by atoms with Gasteiger partial charge in [-0.2, -0.15) is 0 Å². The highest BCUT2D eigenvalue weighted by Crippen LogP contribution is 2.28.